The molecule has 1 unspecified atom stereocenters. The molecular weight excluding hydrogens is 428 g/mol. The maximum absolute atomic E-state index is 13.0. The van der Waals surface area contributed by atoms with Crippen LogP contribution in [0, 0.1) is 6.92 Å². The third kappa shape index (κ3) is 5.31. The van der Waals surface area contributed by atoms with E-state index in [-0.39, 0.29) is 25.0 Å². The van der Waals surface area contributed by atoms with Gasteiger partial charge in [-0.05, 0) is 49.9 Å². The highest BCUT2D eigenvalue weighted by molar-refractivity contribution is 5.79. The van der Waals surface area contributed by atoms with Crippen LogP contribution < -0.4 is 16.4 Å². The van der Waals surface area contributed by atoms with Crippen LogP contribution in [-0.2, 0) is 24.3 Å². The van der Waals surface area contributed by atoms with Gasteiger partial charge >= 0.3 is 11.1 Å². The van der Waals surface area contributed by atoms with E-state index in [0.717, 1.165) is 24.0 Å². The summed E-state index contributed by atoms with van der Waals surface area (Å²) in [5, 5.41) is 2.94. The van der Waals surface area contributed by atoms with Crippen molar-refractivity contribution in [2.45, 2.75) is 45.8 Å². The summed E-state index contributed by atoms with van der Waals surface area (Å²) >= 11 is 0. The third-order valence-corrected chi connectivity index (χ3v) is 5.87. The summed E-state index contributed by atoms with van der Waals surface area (Å²) < 4.78 is 2.59. The summed E-state index contributed by atoms with van der Waals surface area (Å²) in [5.41, 5.74) is 2.59. The van der Waals surface area contributed by atoms with Crippen LogP contribution in [0.25, 0.3) is 11.2 Å². The lowest BCUT2D eigenvalue weighted by molar-refractivity contribution is -0.122. The second-order valence-corrected chi connectivity index (χ2v) is 8.61. The number of hydrogen-bond donors (Lipinski definition) is 1. The quantitative estimate of drug-likeness (QED) is 0.413. The number of nitrogens with zero attached hydrogens (tertiary/aromatic N) is 3. The number of amides is 1. The zero-order valence-corrected chi connectivity index (χ0v) is 19.4. The molecule has 1 amide bonds. The van der Waals surface area contributed by atoms with Gasteiger partial charge in [0.05, 0.1) is 12.1 Å². The van der Waals surface area contributed by atoms with Gasteiger partial charge in [0.1, 0.15) is 6.54 Å². The van der Waals surface area contributed by atoms with Crippen molar-refractivity contribution in [3.05, 3.63) is 110 Å². The smallest absolute Gasteiger partial charge is 0.318 e. The number of benzene rings is 2. The fraction of sp³-hybridized carbons (Fsp3) is 0.259. The van der Waals surface area contributed by atoms with Crippen LogP contribution in [-0.4, -0.2) is 26.1 Å². The number of hydrogen-bond acceptors (Lipinski definition) is 4. The van der Waals surface area contributed by atoms with Crippen molar-refractivity contribution < 1.29 is 4.79 Å². The van der Waals surface area contributed by atoms with Crippen molar-refractivity contribution in [2.75, 3.05) is 0 Å². The summed E-state index contributed by atoms with van der Waals surface area (Å²) in [4.78, 5) is 43.1. The molecule has 1 atom stereocenters. The van der Waals surface area contributed by atoms with Crippen molar-refractivity contribution >= 4 is 17.1 Å². The molecule has 0 saturated heterocycles. The van der Waals surface area contributed by atoms with Crippen LogP contribution >= 0.6 is 0 Å². The lowest BCUT2D eigenvalue weighted by atomic mass is 10.1. The Morgan fingerprint density at radius 2 is 1.62 bits per heavy atom. The average molecular weight is 457 g/mol. The highest BCUT2D eigenvalue weighted by Crippen LogP contribution is 2.11. The van der Waals surface area contributed by atoms with E-state index in [1.807, 2.05) is 56.3 Å². The fourth-order valence-electron chi connectivity index (χ4n) is 3.99. The number of pyridine rings is 1. The van der Waals surface area contributed by atoms with Crippen LogP contribution in [0.3, 0.4) is 0 Å². The first-order valence-electron chi connectivity index (χ1n) is 11.4. The molecule has 0 bridgehead atoms. The van der Waals surface area contributed by atoms with Gasteiger partial charge < -0.3 is 5.32 Å². The summed E-state index contributed by atoms with van der Waals surface area (Å²) in [5.74, 6) is -0.316. The van der Waals surface area contributed by atoms with E-state index in [1.54, 1.807) is 18.3 Å². The molecule has 0 aliphatic rings. The standard InChI is InChI=1S/C27H28N4O3/c1-19-10-13-22(14-11-19)17-31-25-23(9-6-16-28-25)30(26(33)27(31)34)18-24(32)29-20(2)12-15-21-7-4-3-5-8-21/h3-11,13-14,16,20H,12,15,17-18H2,1-2H3,(H,29,32). The van der Waals surface area contributed by atoms with Crippen molar-refractivity contribution in [2.24, 2.45) is 0 Å². The topological polar surface area (TPSA) is 86.0 Å². The molecule has 0 saturated carbocycles. The van der Waals surface area contributed by atoms with Gasteiger partial charge in [0.25, 0.3) is 0 Å². The first kappa shape index (κ1) is 23.2. The Kier molecular flexibility index (Phi) is 7.01. The van der Waals surface area contributed by atoms with Crippen LogP contribution in [0.5, 0.6) is 0 Å². The number of carbonyl (C=O) groups is 1. The Labute approximate surface area is 197 Å². The molecular formula is C27H28N4O3. The third-order valence-electron chi connectivity index (χ3n) is 5.87. The molecule has 34 heavy (non-hydrogen) atoms. The molecule has 0 spiro atoms. The number of rotatable bonds is 8. The summed E-state index contributed by atoms with van der Waals surface area (Å²) in [6.45, 7) is 3.91. The minimum atomic E-state index is -0.736. The Bertz CT molecular complexity index is 1410. The number of aryl methyl sites for hydroxylation is 2. The molecule has 174 valence electrons. The predicted molar refractivity (Wildman–Crippen MR) is 133 cm³/mol. The normalized spacial score (nSPS) is 11.9. The van der Waals surface area contributed by atoms with E-state index >= 15 is 0 Å². The van der Waals surface area contributed by atoms with E-state index in [4.69, 9.17) is 0 Å². The molecule has 2 aromatic heterocycles. The van der Waals surface area contributed by atoms with Crippen LogP contribution in [0.2, 0.25) is 0 Å². The van der Waals surface area contributed by atoms with Gasteiger partial charge in [-0.25, -0.2) is 4.98 Å². The summed E-state index contributed by atoms with van der Waals surface area (Å²) in [7, 11) is 0. The number of nitrogens with one attached hydrogen (secondary N) is 1. The Morgan fingerprint density at radius 3 is 2.35 bits per heavy atom. The Hall–Kier alpha value is -4.00. The molecule has 0 radical (unpaired) electrons. The first-order chi connectivity index (χ1) is 16.4. The first-order valence-corrected chi connectivity index (χ1v) is 11.4. The molecule has 2 aromatic carbocycles. The zero-order valence-electron chi connectivity index (χ0n) is 19.4. The number of carbonyl (C=O) groups excluding carboxylic acids is 1. The van der Waals surface area contributed by atoms with Crippen LogP contribution in [0.15, 0.2) is 82.5 Å². The SMILES string of the molecule is Cc1ccc(Cn2c(=O)c(=O)n(CC(=O)NC(C)CCc3ccccc3)c3cccnc32)cc1. The summed E-state index contributed by atoms with van der Waals surface area (Å²) in [6, 6.07) is 21.2. The van der Waals surface area contributed by atoms with Gasteiger partial charge in [0.2, 0.25) is 5.91 Å². The highest BCUT2D eigenvalue weighted by atomic mass is 16.2. The molecule has 1 N–H and O–H groups in total. The predicted octanol–water partition coefficient (Wildman–Crippen LogP) is 3.05. The minimum Gasteiger partial charge on any atom is -0.352 e. The number of fused-ring (bicyclic) bond motifs is 1. The van der Waals surface area contributed by atoms with Crippen LogP contribution in [0.4, 0.5) is 0 Å². The molecule has 4 rings (SSSR count). The second-order valence-electron chi connectivity index (χ2n) is 8.61. The van der Waals surface area contributed by atoms with Gasteiger partial charge in [-0.1, -0.05) is 60.2 Å². The van der Waals surface area contributed by atoms with E-state index in [9.17, 15) is 14.4 Å². The maximum atomic E-state index is 13.0. The maximum Gasteiger partial charge on any atom is 0.318 e. The molecule has 7 nitrogen and oxygen atoms in total. The van der Waals surface area contributed by atoms with Crippen molar-refractivity contribution in [3.63, 3.8) is 0 Å². The highest BCUT2D eigenvalue weighted by Gasteiger charge is 2.17. The van der Waals surface area contributed by atoms with E-state index in [0.29, 0.717) is 11.2 Å². The van der Waals surface area contributed by atoms with Crippen molar-refractivity contribution in [1.29, 1.82) is 0 Å². The van der Waals surface area contributed by atoms with E-state index < -0.39 is 11.1 Å². The largest absolute Gasteiger partial charge is 0.352 e. The van der Waals surface area contributed by atoms with Crippen molar-refractivity contribution in [3.8, 4) is 0 Å². The van der Waals surface area contributed by atoms with Gasteiger partial charge in [-0.3, -0.25) is 23.5 Å². The molecule has 2 heterocycles. The van der Waals surface area contributed by atoms with Gasteiger partial charge in [0, 0.05) is 12.2 Å². The fourth-order valence-corrected chi connectivity index (χ4v) is 3.99. The monoisotopic (exact) mass is 456 g/mol. The lowest BCUT2D eigenvalue weighted by Crippen LogP contribution is -2.45. The van der Waals surface area contributed by atoms with Gasteiger partial charge in [-0.2, -0.15) is 0 Å². The molecule has 0 aliphatic heterocycles. The van der Waals surface area contributed by atoms with Crippen molar-refractivity contribution in [1.82, 2.24) is 19.4 Å². The molecule has 4 aromatic rings. The summed E-state index contributed by atoms with van der Waals surface area (Å²) in [6.07, 6.45) is 3.18. The average Bonchev–Trinajstić information content (AvgIpc) is 2.85. The Morgan fingerprint density at radius 1 is 0.912 bits per heavy atom. The number of aromatic nitrogens is 3. The Balaban J connectivity index is 1.55. The minimum absolute atomic E-state index is 0.0743. The van der Waals surface area contributed by atoms with E-state index in [2.05, 4.69) is 22.4 Å². The molecule has 0 aliphatic carbocycles. The van der Waals surface area contributed by atoms with Gasteiger partial charge in [0.15, 0.2) is 5.65 Å². The van der Waals surface area contributed by atoms with Gasteiger partial charge in [-0.15, -0.1) is 0 Å². The van der Waals surface area contributed by atoms with Crippen LogP contribution in [0.1, 0.15) is 30.0 Å². The zero-order chi connectivity index (χ0) is 24.1. The molecule has 7 heteroatoms. The van der Waals surface area contributed by atoms with E-state index in [1.165, 1.54) is 14.7 Å². The second kappa shape index (κ2) is 10.3. The molecule has 0 fully saturated rings. The lowest BCUT2D eigenvalue weighted by Gasteiger charge is -2.17.